The molecular weight excluding hydrogens is 248 g/mol. The summed E-state index contributed by atoms with van der Waals surface area (Å²) < 4.78 is 8.08. The molecule has 4 nitrogen and oxygen atoms in total. The third-order valence-corrected chi connectivity index (χ3v) is 1.79. The average Bonchev–Trinajstić information content (AvgIpc) is 2.13. The van der Waals surface area contributed by atoms with Crippen molar-refractivity contribution in [3.8, 4) is 0 Å². The van der Waals surface area contributed by atoms with Crippen molar-refractivity contribution < 1.29 is 19.1 Å². The number of carbonyl (C=O) groups excluding carboxylic acids is 2. The zero-order valence-electron chi connectivity index (χ0n) is 9.15. The average molecular weight is 262 g/mol. The number of hydrogen-bond donors (Lipinski definition) is 2. The Morgan fingerprint density at radius 2 is 1.56 bits per heavy atom. The van der Waals surface area contributed by atoms with Crippen molar-refractivity contribution in [2.45, 2.75) is 18.1 Å². The van der Waals surface area contributed by atoms with E-state index in [0.29, 0.717) is 0 Å². The fraction of sp³-hybridized carbons (Fsp3) is 0.400. The normalized spacial score (nSPS) is 10.5. The second kappa shape index (κ2) is 6.00. The summed E-state index contributed by atoms with van der Waals surface area (Å²) in [7, 11) is 0. The van der Waals surface area contributed by atoms with Crippen LogP contribution >= 0.6 is 25.3 Å². The van der Waals surface area contributed by atoms with Crippen LogP contribution in [0.15, 0.2) is 24.3 Å². The third kappa shape index (κ3) is 5.87. The van der Waals surface area contributed by atoms with E-state index in [0.717, 1.165) is 0 Å². The number of thiol groups is 2. The van der Waals surface area contributed by atoms with Crippen molar-refractivity contribution in [3.05, 3.63) is 24.3 Å². The highest BCUT2D eigenvalue weighted by Gasteiger charge is 2.27. The minimum atomic E-state index is -1.48. The maximum atomic E-state index is 11.2. The first-order chi connectivity index (χ1) is 7.15. The fourth-order valence-electron chi connectivity index (χ4n) is 0.548. The lowest BCUT2D eigenvalue weighted by atomic mass is 10.4. The van der Waals surface area contributed by atoms with Gasteiger partial charge in [-0.15, -0.1) is 25.3 Å². The van der Waals surface area contributed by atoms with Crippen LogP contribution in [0.25, 0.3) is 0 Å². The molecule has 16 heavy (non-hydrogen) atoms. The molecule has 0 saturated carbocycles. The van der Waals surface area contributed by atoms with E-state index < -0.39 is 16.2 Å². The molecule has 6 heteroatoms. The van der Waals surface area contributed by atoms with Gasteiger partial charge in [0.25, 0.3) is 0 Å². The van der Waals surface area contributed by atoms with Gasteiger partial charge in [0.15, 0.2) is 6.61 Å². The first-order valence-electron chi connectivity index (χ1n) is 4.32. The molecule has 0 atom stereocenters. The number of carbonyl (C=O) groups is 2. The molecule has 0 radical (unpaired) electrons. The Balaban J connectivity index is 4.25. The van der Waals surface area contributed by atoms with Gasteiger partial charge >= 0.3 is 11.9 Å². The molecule has 0 bridgehead atoms. The minimum absolute atomic E-state index is 0.207. The molecule has 0 aromatic heterocycles. The molecular formula is C10H14O4S2. The number of ether oxygens (including phenoxy) is 2. The summed E-state index contributed by atoms with van der Waals surface area (Å²) in [6.07, 6.45) is 0. The van der Waals surface area contributed by atoms with Crippen molar-refractivity contribution >= 4 is 37.2 Å². The third-order valence-electron chi connectivity index (χ3n) is 1.34. The first kappa shape index (κ1) is 15.1. The van der Waals surface area contributed by atoms with Crippen LogP contribution in [-0.4, -0.2) is 22.8 Å². The van der Waals surface area contributed by atoms with Crippen molar-refractivity contribution in [3.63, 3.8) is 0 Å². The van der Waals surface area contributed by atoms with Crippen LogP contribution in [0.1, 0.15) is 13.8 Å². The topological polar surface area (TPSA) is 52.6 Å². The summed E-state index contributed by atoms with van der Waals surface area (Å²) in [4.78, 5) is 22.2. The molecule has 0 heterocycles. The van der Waals surface area contributed by atoms with E-state index in [4.69, 9.17) is 9.47 Å². The standard InChI is InChI=1S/C10H14O4S2/c1-6(2)8(11)13-5-10(15,16)14-9(12)7(3)4/h15-16H,1,3,5H2,2,4H3. The molecule has 0 aromatic carbocycles. The Labute approximate surface area is 106 Å². The first-order valence-corrected chi connectivity index (χ1v) is 5.21. The summed E-state index contributed by atoms with van der Waals surface area (Å²) in [5.74, 6) is -1.25. The molecule has 0 aliphatic rings. The van der Waals surface area contributed by atoms with Crippen LogP contribution in [-0.2, 0) is 19.1 Å². The molecule has 0 rings (SSSR count). The van der Waals surface area contributed by atoms with Crippen LogP contribution in [0.2, 0.25) is 0 Å². The number of hydrogen-bond acceptors (Lipinski definition) is 6. The molecule has 0 N–H and O–H groups in total. The van der Waals surface area contributed by atoms with E-state index in [2.05, 4.69) is 38.4 Å². The Morgan fingerprint density at radius 3 is 1.94 bits per heavy atom. The quantitative estimate of drug-likeness (QED) is 0.343. The van der Waals surface area contributed by atoms with Crippen LogP contribution in [0, 0.1) is 0 Å². The molecule has 0 unspecified atom stereocenters. The Hall–Kier alpha value is -0.880. The lowest BCUT2D eigenvalue weighted by Gasteiger charge is -2.22. The molecule has 0 amide bonds. The van der Waals surface area contributed by atoms with Gasteiger partial charge in [-0.1, -0.05) is 13.2 Å². The Kier molecular flexibility index (Phi) is 5.67. The van der Waals surface area contributed by atoms with Gasteiger partial charge in [0, 0.05) is 11.1 Å². The Bertz CT molecular complexity index is 334. The highest BCUT2D eigenvalue weighted by Crippen LogP contribution is 2.23. The maximum Gasteiger partial charge on any atom is 0.335 e. The number of rotatable bonds is 5. The van der Waals surface area contributed by atoms with Gasteiger partial charge in [-0.2, -0.15) is 0 Å². The van der Waals surface area contributed by atoms with Crippen LogP contribution in [0.4, 0.5) is 0 Å². The second-order valence-electron chi connectivity index (χ2n) is 3.27. The van der Waals surface area contributed by atoms with Gasteiger partial charge in [0.1, 0.15) is 0 Å². The van der Waals surface area contributed by atoms with Crippen LogP contribution in [0.3, 0.4) is 0 Å². The van der Waals surface area contributed by atoms with Gasteiger partial charge in [-0.05, 0) is 13.8 Å². The van der Waals surface area contributed by atoms with Gasteiger partial charge in [0.05, 0.1) is 0 Å². The summed E-state index contributed by atoms with van der Waals surface area (Å²) >= 11 is 7.87. The highest BCUT2D eigenvalue weighted by molar-refractivity contribution is 8.00. The highest BCUT2D eigenvalue weighted by atomic mass is 32.2. The summed E-state index contributed by atoms with van der Waals surface area (Å²) in [5.41, 5.74) is 0.447. The summed E-state index contributed by atoms with van der Waals surface area (Å²) in [6.45, 7) is 9.50. The predicted molar refractivity (Wildman–Crippen MR) is 67.4 cm³/mol. The molecule has 0 aliphatic carbocycles. The van der Waals surface area contributed by atoms with E-state index in [1.165, 1.54) is 13.8 Å². The fourth-order valence-corrected chi connectivity index (χ4v) is 0.843. The van der Waals surface area contributed by atoms with E-state index in [1.54, 1.807) is 0 Å². The molecule has 0 aromatic rings. The zero-order chi connectivity index (χ0) is 12.9. The molecule has 90 valence electrons. The molecule has 0 spiro atoms. The summed E-state index contributed by atoms with van der Waals surface area (Å²) in [5, 5.41) is 0. The summed E-state index contributed by atoms with van der Waals surface area (Å²) in [6, 6.07) is 0. The predicted octanol–water partition coefficient (Wildman–Crippen LogP) is 1.74. The number of esters is 2. The van der Waals surface area contributed by atoms with E-state index in [-0.39, 0.29) is 17.8 Å². The van der Waals surface area contributed by atoms with Crippen LogP contribution < -0.4 is 0 Å². The monoisotopic (exact) mass is 262 g/mol. The van der Waals surface area contributed by atoms with Gasteiger partial charge < -0.3 is 9.47 Å². The Morgan fingerprint density at radius 1 is 1.12 bits per heavy atom. The maximum absolute atomic E-state index is 11.2. The van der Waals surface area contributed by atoms with Gasteiger partial charge in [-0.25, -0.2) is 9.59 Å². The largest absolute Gasteiger partial charge is 0.456 e. The van der Waals surface area contributed by atoms with Gasteiger partial charge in [-0.3, -0.25) is 0 Å². The van der Waals surface area contributed by atoms with Crippen molar-refractivity contribution in [2.24, 2.45) is 0 Å². The molecule has 0 fully saturated rings. The zero-order valence-corrected chi connectivity index (χ0v) is 10.9. The van der Waals surface area contributed by atoms with Crippen molar-refractivity contribution in [2.75, 3.05) is 6.61 Å². The second-order valence-corrected chi connectivity index (χ2v) is 5.07. The van der Waals surface area contributed by atoms with E-state index in [9.17, 15) is 9.59 Å². The SMILES string of the molecule is C=C(C)C(=O)OCC(S)(S)OC(=O)C(=C)C. The van der Waals surface area contributed by atoms with E-state index in [1.807, 2.05) is 0 Å². The molecule has 0 saturated heterocycles. The minimum Gasteiger partial charge on any atom is -0.456 e. The lowest BCUT2D eigenvalue weighted by Crippen LogP contribution is -2.30. The smallest absolute Gasteiger partial charge is 0.335 e. The van der Waals surface area contributed by atoms with Crippen molar-refractivity contribution in [1.82, 2.24) is 0 Å². The van der Waals surface area contributed by atoms with Crippen molar-refractivity contribution in [1.29, 1.82) is 0 Å². The lowest BCUT2D eigenvalue weighted by molar-refractivity contribution is -0.150. The van der Waals surface area contributed by atoms with Crippen LogP contribution in [0.5, 0.6) is 0 Å². The van der Waals surface area contributed by atoms with Gasteiger partial charge in [0.2, 0.25) is 4.27 Å². The van der Waals surface area contributed by atoms with E-state index >= 15 is 0 Å². The molecule has 0 aliphatic heterocycles.